The summed E-state index contributed by atoms with van der Waals surface area (Å²) >= 11 is 11.7. The molecule has 2 N–H and O–H groups in total. The van der Waals surface area contributed by atoms with Crippen LogP contribution < -0.4 is 10.2 Å². The molecule has 0 amide bonds. The molecule has 0 fully saturated rings. The Labute approximate surface area is 147 Å². The number of anilines is 3. The molecule has 0 spiro atoms. The van der Waals surface area contributed by atoms with Gasteiger partial charge in [-0.15, -0.1) is 23.2 Å². The Bertz CT molecular complexity index is 615. The molecule has 0 heterocycles. The largest absolute Gasteiger partial charge is 0.507 e. The Morgan fingerprint density at radius 2 is 1.43 bits per heavy atom. The van der Waals surface area contributed by atoms with Crippen molar-refractivity contribution in [1.29, 1.82) is 0 Å². The Kier molecular flexibility index (Phi) is 6.43. The number of nitrogens with one attached hydrogen (secondary N) is 1. The number of nitrogens with zero attached hydrogens (tertiary/aromatic N) is 1. The van der Waals surface area contributed by atoms with Gasteiger partial charge in [-0.1, -0.05) is 0 Å². The fraction of sp³-hybridized carbons (Fsp3) is 0.333. The lowest BCUT2D eigenvalue weighted by Gasteiger charge is -2.23. The van der Waals surface area contributed by atoms with Gasteiger partial charge in [0.25, 0.3) is 0 Å². The predicted octanol–water partition coefficient (Wildman–Crippen LogP) is 5.04. The van der Waals surface area contributed by atoms with E-state index in [1.807, 2.05) is 38.1 Å². The molecule has 0 aliphatic rings. The number of aryl methyl sites for hydroxylation is 2. The van der Waals surface area contributed by atoms with Gasteiger partial charge in [-0.2, -0.15) is 0 Å². The maximum Gasteiger partial charge on any atom is 0.121 e. The SMILES string of the molecule is Cc1cc(Nc2ccc(N(CCCl)CCCl)cc2)cc(C)c1O. The number of halogens is 2. The summed E-state index contributed by atoms with van der Waals surface area (Å²) in [6.07, 6.45) is 0. The van der Waals surface area contributed by atoms with E-state index in [0.29, 0.717) is 17.5 Å². The highest BCUT2D eigenvalue weighted by Gasteiger charge is 2.06. The molecule has 0 saturated heterocycles. The highest BCUT2D eigenvalue weighted by atomic mass is 35.5. The van der Waals surface area contributed by atoms with Crippen molar-refractivity contribution >= 4 is 40.3 Å². The van der Waals surface area contributed by atoms with Crippen LogP contribution in [-0.4, -0.2) is 30.0 Å². The number of rotatable bonds is 7. The minimum Gasteiger partial charge on any atom is -0.507 e. The summed E-state index contributed by atoms with van der Waals surface area (Å²) in [5, 5.41) is 13.2. The van der Waals surface area contributed by atoms with Gasteiger partial charge >= 0.3 is 0 Å². The first-order valence-corrected chi connectivity index (χ1v) is 8.66. The molecule has 3 nitrogen and oxygen atoms in total. The predicted molar refractivity (Wildman–Crippen MR) is 101 cm³/mol. The van der Waals surface area contributed by atoms with Crippen LogP contribution in [0.3, 0.4) is 0 Å². The molecule has 2 aromatic rings. The Morgan fingerprint density at radius 1 is 0.913 bits per heavy atom. The molecule has 0 atom stereocenters. The second kappa shape index (κ2) is 8.32. The Hall–Kier alpha value is -1.58. The van der Waals surface area contributed by atoms with E-state index in [-0.39, 0.29) is 0 Å². The normalized spacial score (nSPS) is 10.6. The van der Waals surface area contributed by atoms with Crippen molar-refractivity contribution in [2.45, 2.75) is 13.8 Å². The van der Waals surface area contributed by atoms with Crippen LogP contribution in [0.2, 0.25) is 0 Å². The summed E-state index contributed by atoms with van der Waals surface area (Å²) in [5.74, 6) is 1.50. The molecule has 2 rings (SSSR count). The summed E-state index contributed by atoms with van der Waals surface area (Å²) in [7, 11) is 0. The minimum atomic E-state index is 0.351. The average molecular weight is 353 g/mol. The van der Waals surface area contributed by atoms with Crippen molar-refractivity contribution in [2.24, 2.45) is 0 Å². The molecule has 2 aromatic carbocycles. The monoisotopic (exact) mass is 352 g/mol. The molecule has 0 radical (unpaired) electrons. The first-order chi connectivity index (χ1) is 11.0. The summed E-state index contributed by atoms with van der Waals surface area (Å²) in [6.45, 7) is 5.34. The molecule has 0 saturated carbocycles. The molecule has 0 unspecified atom stereocenters. The van der Waals surface area contributed by atoms with Crippen molar-refractivity contribution < 1.29 is 5.11 Å². The van der Waals surface area contributed by atoms with Crippen molar-refractivity contribution in [2.75, 3.05) is 35.1 Å². The summed E-state index contributed by atoms with van der Waals surface area (Å²) in [6, 6.07) is 12.0. The van der Waals surface area contributed by atoms with Gasteiger partial charge in [-0.05, 0) is 61.4 Å². The zero-order valence-corrected chi connectivity index (χ0v) is 15.0. The molecule has 0 bridgehead atoms. The summed E-state index contributed by atoms with van der Waals surface area (Å²) in [5.41, 5.74) is 4.79. The number of benzene rings is 2. The van der Waals surface area contributed by atoms with Gasteiger partial charge in [-0.25, -0.2) is 0 Å². The van der Waals surface area contributed by atoms with E-state index in [9.17, 15) is 5.11 Å². The molecular weight excluding hydrogens is 331 g/mol. The van der Waals surface area contributed by atoms with E-state index >= 15 is 0 Å². The number of alkyl halides is 2. The maximum atomic E-state index is 9.84. The smallest absolute Gasteiger partial charge is 0.121 e. The number of phenolic OH excluding ortho intramolecular Hbond substituents is 1. The van der Waals surface area contributed by atoms with E-state index in [1.54, 1.807) is 0 Å². The topological polar surface area (TPSA) is 35.5 Å². The lowest BCUT2D eigenvalue weighted by atomic mass is 10.1. The Morgan fingerprint density at radius 3 is 1.91 bits per heavy atom. The highest BCUT2D eigenvalue weighted by molar-refractivity contribution is 6.18. The summed E-state index contributed by atoms with van der Waals surface area (Å²) < 4.78 is 0. The van der Waals surface area contributed by atoms with E-state index < -0.39 is 0 Å². The average Bonchev–Trinajstić information content (AvgIpc) is 2.53. The van der Waals surface area contributed by atoms with E-state index in [2.05, 4.69) is 22.3 Å². The molecule has 0 aromatic heterocycles. The first-order valence-electron chi connectivity index (χ1n) is 7.59. The standard InChI is InChI=1S/C18H22Cl2N2O/c1-13-11-16(12-14(2)18(13)23)21-15-3-5-17(6-4-15)22(9-7-19)10-8-20/h3-6,11-12,21,23H,7-10H2,1-2H3. The van der Waals surface area contributed by atoms with Crippen molar-refractivity contribution in [3.05, 3.63) is 47.5 Å². The highest BCUT2D eigenvalue weighted by Crippen LogP contribution is 2.28. The molecule has 0 aliphatic carbocycles. The second-order valence-corrected chi connectivity index (χ2v) is 6.25. The van der Waals surface area contributed by atoms with Crippen molar-refractivity contribution in [1.82, 2.24) is 0 Å². The molecule has 23 heavy (non-hydrogen) atoms. The second-order valence-electron chi connectivity index (χ2n) is 5.50. The van der Waals surface area contributed by atoms with Gasteiger partial charge in [0.15, 0.2) is 0 Å². The van der Waals surface area contributed by atoms with Crippen LogP contribution in [0, 0.1) is 13.8 Å². The van der Waals surface area contributed by atoms with Crippen LogP contribution in [0.15, 0.2) is 36.4 Å². The summed E-state index contributed by atoms with van der Waals surface area (Å²) in [4.78, 5) is 2.17. The van der Waals surface area contributed by atoms with Gasteiger partial charge in [0.05, 0.1) is 0 Å². The number of hydrogen-bond acceptors (Lipinski definition) is 3. The lowest BCUT2D eigenvalue weighted by Crippen LogP contribution is -2.27. The third-order valence-electron chi connectivity index (χ3n) is 3.72. The molecular formula is C18H22Cl2N2O. The van der Waals surface area contributed by atoms with Gasteiger partial charge in [-0.3, -0.25) is 0 Å². The molecule has 5 heteroatoms. The first kappa shape index (κ1) is 17.8. The Balaban J connectivity index is 2.13. The van der Waals surface area contributed by atoms with Crippen molar-refractivity contribution in [3.8, 4) is 5.75 Å². The van der Waals surface area contributed by atoms with Crippen LogP contribution in [0.5, 0.6) is 5.75 Å². The number of phenols is 1. The van der Waals surface area contributed by atoms with Crippen LogP contribution in [0.4, 0.5) is 17.1 Å². The van der Waals surface area contributed by atoms with Crippen LogP contribution in [-0.2, 0) is 0 Å². The van der Waals surface area contributed by atoms with Gasteiger partial charge in [0.2, 0.25) is 0 Å². The third-order valence-corrected chi connectivity index (χ3v) is 4.06. The van der Waals surface area contributed by atoms with Gasteiger partial charge in [0.1, 0.15) is 5.75 Å². The fourth-order valence-electron chi connectivity index (χ4n) is 2.52. The van der Waals surface area contributed by atoms with Gasteiger partial charge < -0.3 is 15.3 Å². The van der Waals surface area contributed by atoms with Crippen molar-refractivity contribution in [3.63, 3.8) is 0 Å². The van der Waals surface area contributed by atoms with Crippen LogP contribution in [0.1, 0.15) is 11.1 Å². The van der Waals surface area contributed by atoms with Crippen LogP contribution in [0.25, 0.3) is 0 Å². The molecule has 124 valence electrons. The van der Waals surface area contributed by atoms with E-state index in [1.165, 1.54) is 0 Å². The quantitative estimate of drug-likeness (QED) is 0.541. The fourth-order valence-corrected chi connectivity index (χ4v) is 2.93. The lowest BCUT2D eigenvalue weighted by molar-refractivity contribution is 0.467. The maximum absolute atomic E-state index is 9.84. The zero-order chi connectivity index (χ0) is 16.8. The molecule has 0 aliphatic heterocycles. The number of aromatic hydroxyl groups is 1. The van der Waals surface area contributed by atoms with Crippen LogP contribution >= 0.6 is 23.2 Å². The van der Waals surface area contributed by atoms with Gasteiger partial charge in [0, 0.05) is 41.9 Å². The van der Waals surface area contributed by atoms with E-state index in [0.717, 1.165) is 41.3 Å². The number of hydrogen-bond donors (Lipinski definition) is 2. The van der Waals surface area contributed by atoms with E-state index in [4.69, 9.17) is 23.2 Å². The third kappa shape index (κ3) is 4.69. The zero-order valence-electron chi connectivity index (χ0n) is 13.4. The minimum absolute atomic E-state index is 0.351.